The summed E-state index contributed by atoms with van der Waals surface area (Å²) in [4.78, 5) is 22.1. The SMILES string of the molecule is CCC(C)OC(=O)NC1CCOC1=O. The number of cyclic esters (lactones) is 1. The van der Waals surface area contributed by atoms with Gasteiger partial charge in [0.15, 0.2) is 0 Å². The van der Waals surface area contributed by atoms with E-state index in [-0.39, 0.29) is 12.1 Å². The quantitative estimate of drug-likeness (QED) is 0.687. The Morgan fingerprint density at radius 2 is 2.50 bits per heavy atom. The van der Waals surface area contributed by atoms with Crippen LogP contribution in [0, 0.1) is 0 Å². The van der Waals surface area contributed by atoms with Crippen LogP contribution in [0.25, 0.3) is 0 Å². The van der Waals surface area contributed by atoms with Gasteiger partial charge >= 0.3 is 12.1 Å². The van der Waals surface area contributed by atoms with E-state index in [4.69, 9.17) is 4.74 Å². The number of nitrogens with one attached hydrogen (secondary N) is 1. The van der Waals surface area contributed by atoms with Crippen molar-refractivity contribution in [3.05, 3.63) is 0 Å². The standard InChI is InChI=1S/C9H15NO4/c1-3-6(2)14-9(12)10-7-4-5-13-8(7)11/h6-7H,3-5H2,1-2H3,(H,10,12). The van der Waals surface area contributed by atoms with E-state index in [9.17, 15) is 9.59 Å². The smallest absolute Gasteiger partial charge is 0.408 e. The lowest BCUT2D eigenvalue weighted by Gasteiger charge is -2.13. The molecule has 2 atom stereocenters. The third kappa shape index (κ3) is 2.90. The van der Waals surface area contributed by atoms with Crippen LogP contribution in [-0.4, -0.2) is 30.8 Å². The molecule has 0 aromatic heterocycles. The molecule has 0 spiro atoms. The van der Waals surface area contributed by atoms with E-state index in [1.807, 2.05) is 6.92 Å². The van der Waals surface area contributed by atoms with E-state index >= 15 is 0 Å². The molecule has 80 valence electrons. The molecule has 1 saturated heterocycles. The summed E-state index contributed by atoms with van der Waals surface area (Å²) in [5.74, 6) is -0.383. The molecule has 0 aromatic rings. The highest BCUT2D eigenvalue weighted by atomic mass is 16.6. The molecular weight excluding hydrogens is 186 g/mol. The maximum Gasteiger partial charge on any atom is 0.408 e. The number of amides is 1. The first-order chi connectivity index (χ1) is 6.63. The van der Waals surface area contributed by atoms with E-state index in [1.54, 1.807) is 6.92 Å². The molecule has 0 radical (unpaired) electrons. The maximum atomic E-state index is 11.2. The van der Waals surface area contributed by atoms with E-state index < -0.39 is 12.1 Å². The van der Waals surface area contributed by atoms with Crippen molar-refractivity contribution >= 4 is 12.1 Å². The van der Waals surface area contributed by atoms with Crippen LogP contribution in [0.3, 0.4) is 0 Å². The second-order valence-corrected chi connectivity index (χ2v) is 3.28. The Labute approximate surface area is 82.8 Å². The average Bonchev–Trinajstić information content (AvgIpc) is 2.51. The zero-order valence-corrected chi connectivity index (χ0v) is 8.41. The van der Waals surface area contributed by atoms with Crippen LogP contribution in [0.1, 0.15) is 26.7 Å². The number of ether oxygens (including phenoxy) is 2. The number of rotatable bonds is 3. The molecule has 1 N–H and O–H groups in total. The summed E-state index contributed by atoms with van der Waals surface area (Å²) in [5, 5.41) is 2.46. The number of hydrogen-bond acceptors (Lipinski definition) is 4. The molecule has 0 saturated carbocycles. The van der Waals surface area contributed by atoms with Crippen LogP contribution < -0.4 is 5.32 Å². The molecule has 1 amide bonds. The summed E-state index contributed by atoms with van der Waals surface area (Å²) in [5.41, 5.74) is 0. The number of carbonyl (C=O) groups excluding carboxylic acids is 2. The van der Waals surface area contributed by atoms with E-state index in [0.717, 1.165) is 6.42 Å². The van der Waals surface area contributed by atoms with Crippen molar-refractivity contribution in [3.8, 4) is 0 Å². The first-order valence-electron chi connectivity index (χ1n) is 4.77. The van der Waals surface area contributed by atoms with E-state index in [2.05, 4.69) is 10.1 Å². The molecular formula is C9H15NO4. The fraction of sp³-hybridized carbons (Fsp3) is 0.778. The molecule has 1 aliphatic rings. The van der Waals surface area contributed by atoms with Gasteiger partial charge in [0.1, 0.15) is 12.1 Å². The molecule has 5 heteroatoms. The lowest BCUT2D eigenvalue weighted by atomic mass is 10.2. The topological polar surface area (TPSA) is 64.6 Å². The van der Waals surface area contributed by atoms with Gasteiger partial charge in [-0.15, -0.1) is 0 Å². The van der Waals surface area contributed by atoms with Gasteiger partial charge in [0, 0.05) is 6.42 Å². The average molecular weight is 201 g/mol. The fourth-order valence-electron chi connectivity index (χ4n) is 1.07. The zero-order valence-electron chi connectivity index (χ0n) is 8.41. The predicted molar refractivity (Wildman–Crippen MR) is 48.7 cm³/mol. The van der Waals surface area contributed by atoms with E-state index in [1.165, 1.54) is 0 Å². The minimum atomic E-state index is -0.553. The minimum absolute atomic E-state index is 0.132. The lowest BCUT2D eigenvalue weighted by Crippen LogP contribution is -2.39. The van der Waals surface area contributed by atoms with Crippen LogP contribution in [0.15, 0.2) is 0 Å². The highest BCUT2D eigenvalue weighted by Gasteiger charge is 2.28. The lowest BCUT2D eigenvalue weighted by molar-refractivity contribution is -0.139. The van der Waals surface area contributed by atoms with Crippen LogP contribution in [-0.2, 0) is 14.3 Å². The number of carbonyl (C=O) groups is 2. The van der Waals surface area contributed by atoms with Crippen molar-refractivity contribution in [2.75, 3.05) is 6.61 Å². The van der Waals surface area contributed by atoms with Gasteiger partial charge in [-0.2, -0.15) is 0 Å². The summed E-state index contributed by atoms with van der Waals surface area (Å²) in [6.45, 7) is 4.08. The van der Waals surface area contributed by atoms with Gasteiger partial charge in [0.05, 0.1) is 6.61 Å². The highest BCUT2D eigenvalue weighted by molar-refractivity contribution is 5.82. The largest absolute Gasteiger partial charge is 0.464 e. The van der Waals surface area contributed by atoms with Crippen molar-refractivity contribution in [1.29, 1.82) is 0 Å². The summed E-state index contributed by atoms with van der Waals surface area (Å²) in [7, 11) is 0. The second kappa shape index (κ2) is 4.83. The van der Waals surface area contributed by atoms with Gasteiger partial charge in [-0.1, -0.05) is 6.92 Å². The Balaban J connectivity index is 2.29. The summed E-state index contributed by atoms with van der Waals surface area (Å²) >= 11 is 0. The molecule has 2 unspecified atom stereocenters. The Morgan fingerprint density at radius 3 is 3.00 bits per heavy atom. The van der Waals surface area contributed by atoms with E-state index in [0.29, 0.717) is 13.0 Å². The minimum Gasteiger partial charge on any atom is -0.464 e. The number of alkyl carbamates (subject to hydrolysis) is 1. The van der Waals surface area contributed by atoms with Crippen LogP contribution >= 0.6 is 0 Å². The van der Waals surface area contributed by atoms with Crippen LogP contribution in [0.5, 0.6) is 0 Å². The normalized spacial score (nSPS) is 22.7. The van der Waals surface area contributed by atoms with Crippen molar-refractivity contribution in [2.24, 2.45) is 0 Å². The monoisotopic (exact) mass is 201 g/mol. The highest BCUT2D eigenvalue weighted by Crippen LogP contribution is 2.06. The summed E-state index contributed by atoms with van der Waals surface area (Å²) in [6.07, 6.45) is 0.590. The van der Waals surface area contributed by atoms with Gasteiger partial charge < -0.3 is 14.8 Å². The molecule has 0 aliphatic carbocycles. The number of esters is 1. The Hall–Kier alpha value is -1.26. The molecule has 1 rings (SSSR count). The van der Waals surface area contributed by atoms with Crippen LogP contribution in [0.4, 0.5) is 4.79 Å². The summed E-state index contributed by atoms with van der Waals surface area (Å²) in [6, 6.07) is -0.536. The second-order valence-electron chi connectivity index (χ2n) is 3.28. The molecule has 0 bridgehead atoms. The van der Waals surface area contributed by atoms with Gasteiger partial charge in [0.2, 0.25) is 0 Å². The molecule has 1 aliphatic heterocycles. The van der Waals surface area contributed by atoms with Gasteiger partial charge in [-0.3, -0.25) is 0 Å². The first kappa shape index (κ1) is 10.8. The Bertz CT molecular complexity index is 229. The van der Waals surface area contributed by atoms with Crippen molar-refractivity contribution in [2.45, 2.75) is 38.8 Å². The summed E-state index contributed by atoms with van der Waals surface area (Å²) < 4.78 is 9.64. The molecule has 5 nitrogen and oxygen atoms in total. The third-order valence-electron chi connectivity index (χ3n) is 2.11. The fourth-order valence-corrected chi connectivity index (χ4v) is 1.07. The predicted octanol–water partition coefficient (Wildman–Crippen LogP) is 0.827. The van der Waals surface area contributed by atoms with Gasteiger partial charge in [-0.05, 0) is 13.3 Å². The first-order valence-corrected chi connectivity index (χ1v) is 4.77. The molecule has 0 aromatic carbocycles. The Morgan fingerprint density at radius 1 is 1.79 bits per heavy atom. The van der Waals surface area contributed by atoms with Crippen molar-refractivity contribution in [1.82, 2.24) is 5.32 Å². The maximum absolute atomic E-state index is 11.2. The third-order valence-corrected chi connectivity index (χ3v) is 2.11. The molecule has 1 heterocycles. The Kier molecular flexibility index (Phi) is 3.73. The van der Waals surface area contributed by atoms with Crippen LogP contribution in [0.2, 0.25) is 0 Å². The molecule has 14 heavy (non-hydrogen) atoms. The van der Waals surface area contributed by atoms with Crippen molar-refractivity contribution < 1.29 is 19.1 Å². The zero-order chi connectivity index (χ0) is 10.6. The molecule has 1 fully saturated rings. The van der Waals surface area contributed by atoms with Gasteiger partial charge in [0.25, 0.3) is 0 Å². The van der Waals surface area contributed by atoms with Crippen molar-refractivity contribution in [3.63, 3.8) is 0 Å². The number of hydrogen-bond donors (Lipinski definition) is 1. The van der Waals surface area contributed by atoms with Gasteiger partial charge in [-0.25, -0.2) is 9.59 Å².